The van der Waals surface area contributed by atoms with E-state index in [4.69, 9.17) is 4.74 Å². The molecule has 2 aromatic rings. The Kier molecular flexibility index (Phi) is 3.44. The topological polar surface area (TPSA) is 22.1 Å². The van der Waals surface area contributed by atoms with Crippen molar-refractivity contribution in [3.05, 3.63) is 34.9 Å². The number of aromatic nitrogens is 1. The number of nitrogens with zero attached hydrogens (tertiary/aromatic N) is 1. The van der Waals surface area contributed by atoms with Gasteiger partial charge in [0.1, 0.15) is 11.3 Å². The lowest BCUT2D eigenvalue weighted by molar-refractivity contribution is 0.220. The van der Waals surface area contributed by atoms with Crippen LogP contribution in [0.2, 0.25) is 0 Å². The van der Waals surface area contributed by atoms with Crippen molar-refractivity contribution in [3.8, 4) is 5.75 Å². The number of hydrogen-bond donors (Lipinski definition) is 0. The van der Waals surface area contributed by atoms with Gasteiger partial charge in [-0.15, -0.1) is 0 Å². The Morgan fingerprint density at radius 2 is 2.19 bits per heavy atom. The Morgan fingerprint density at radius 1 is 1.38 bits per heavy atom. The highest BCUT2D eigenvalue weighted by Gasteiger charge is 2.08. The average Bonchev–Trinajstić information content (AvgIpc) is 2.33. The molecule has 0 amide bonds. The summed E-state index contributed by atoms with van der Waals surface area (Å²) in [5.74, 6) is 0.855. The molecule has 0 N–H and O–H groups in total. The maximum atomic E-state index is 5.85. The van der Waals surface area contributed by atoms with Gasteiger partial charge in [0.15, 0.2) is 0 Å². The zero-order chi connectivity index (χ0) is 11.5. The van der Waals surface area contributed by atoms with E-state index in [9.17, 15) is 0 Å². The summed E-state index contributed by atoms with van der Waals surface area (Å²) >= 11 is 3.52. The molecule has 0 spiro atoms. The SMILES string of the molecule is CCC(C)Oc1ccc(Br)c2cccnc12. The third-order valence-electron chi connectivity index (χ3n) is 2.58. The van der Waals surface area contributed by atoms with Crippen LogP contribution in [0.3, 0.4) is 0 Å². The molecule has 3 heteroatoms. The zero-order valence-corrected chi connectivity index (χ0v) is 11.0. The fourth-order valence-electron chi connectivity index (χ4n) is 1.51. The molecule has 0 fully saturated rings. The van der Waals surface area contributed by atoms with Crippen molar-refractivity contribution in [1.29, 1.82) is 0 Å². The molecule has 0 aliphatic carbocycles. The second-order valence-corrected chi connectivity index (χ2v) is 4.64. The summed E-state index contributed by atoms with van der Waals surface area (Å²) in [5, 5.41) is 1.09. The minimum absolute atomic E-state index is 0.214. The lowest BCUT2D eigenvalue weighted by atomic mass is 10.2. The summed E-state index contributed by atoms with van der Waals surface area (Å²) in [4.78, 5) is 4.37. The lowest BCUT2D eigenvalue weighted by Gasteiger charge is -2.14. The van der Waals surface area contributed by atoms with Gasteiger partial charge in [0.2, 0.25) is 0 Å². The van der Waals surface area contributed by atoms with E-state index in [0.717, 1.165) is 27.5 Å². The Balaban J connectivity index is 2.50. The maximum Gasteiger partial charge on any atom is 0.145 e. The molecule has 1 heterocycles. The Bertz CT molecular complexity index is 498. The quantitative estimate of drug-likeness (QED) is 0.841. The molecule has 2 rings (SSSR count). The molecule has 16 heavy (non-hydrogen) atoms. The van der Waals surface area contributed by atoms with E-state index in [1.165, 1.54) is 0 Å². The van der Waals surface area contributed by atoms with Crippen LogP contribution in [0.15, 0.2) is 34.9 Å². The number of benzene rings is 1. The first-order chi connectivity index (χ1) is 7.72. The van der Waals surface area contributed by atoms with Crippen LogP contribution in [0, 0.1) is 0 Å². The molecular formula is C13H14BrNO. The second-order valence-electron chi connectivity index (χ2n) is 3.78. The molecule has 0 aliphatic heterocycles. The number of rotatable bonds is 3. The number of halogens is 1. The van der Waals surface area contributed by atoms with Crippen LogP contribution < -0.4 is 4.74 Å². The van der Waals surface area contributed by atoms with Gasteiger partial charge in [-0.2, -0.15) is 0 Å². The first-order valence-electron chi connectivity index (χ1n) is 5.42. The first kappa shape index (κ1) is 11.4. The van der Waals surface area contributed by atoms with Gasteiger partial charge in [-0.1, -0.05) is 28.9 Å². The molecule has 1 atom stereocenters. The third-order valence-corrected chi connectivity index (χ3v) is 3.27. The van der Waals surface area contributed by atoms with Crippen LogP contribution in [0.25, 0.3) is 10.9 Å². The predicted octanol–water partition coefficient (Wildman–Crippen LogP) is 4.17. The van der Waals surface area contributed by atoms with E-state index >= 15 is 0 Å². The van der Waals surface area contributed by atoms with Gasteiger partial charge in [0.05, 0.1) is 6.10 Å². The zero-order valence-electron chi connectivity index (χ0n) is 9.40. The summed E-state index contributed by atoms with van der Waals surface area (Å²) in [6.45, 7) is 4.18. The minimum atomic E-state index is 0.214. The van der Waals surface area contributed by atoms with Crippen molar-refractivity contribution in [2.45, 2.75) is 26.4 Å². The van der Waals surface area contributed by atoms with Crippen molar-refractivity contribution in [1.82, 2.24) is 4.98 Å². The molecule has 0 radical (unpaired) electrons. The van der Waals surface area contributed by atoms with Gasteiger partial charge in [-0.25, -0.2) is 0 Å². The molecule has 0 aliphatic rings. The van der Waals surface area contributed by atoms with Crippen molar-refractivity contribution < 1.29 is 4.74 Å². The van der Waals surface area contributed by atoms with Gasteiger partial charge in [-0.05, 0) is 31.5 Å². The monoisotopic (exact) mass is 279 g/mol. The molecule has 1 aromatic heterocycles. The first-order valence-corrected chi connectivity index (χ1v) is 6.21. The molecule has 1 unspecified atom stereocenters. The highest BCUT2D eigenvalue weighted by Crippen LogP contribution is 2.30. The molecule has 84 valence electrons. The maximum absolute atomic E-state index is 5.85. The van der Waals surface area contributed by atoms with Gasteiger partial charge in [0.25, 0.3) is 0 Å². The van der Waals surface area contributed by atoms with Crippen LogP contribution in [0.1, 0.15) is 20.3 Å². The fraction of sp³-hybridized carbons (Fsp3) is 0.308. The summed E-state index contributed by atoms with van der Waals surface area (Å²) < 4.78 is 6.90. The number of ether oxygens (including phenoxy) is 1. The molecule has 1 aromatic carbocycles. The predicted molar refractivity (Wildman–Crippen MR) is 69.8 cm³/mol. The van der Waals surface area contributed by atoms with Gasteiger partial charge in [-0.3, -0.25) is 4.98 Å². The van der Waals surface area contributed by atoms with E-state index in [0.29, 0.717) is 0 Å². The van der Waals surface area contributed by atoms with Crippen molar-refractivity contribution >= 4 is 26.8 Å². The lowest BCUT2D eigenvalue weighted by Crippen LogP contribution is -2.10. The van der Waals surface area contributed by atoms with Gasteiger partial charge >= 0.3 is 0 Å². The second kappa shape index (κ2) is 4.83. The smallest absolute Gasteiger partial charge is 0.145 e. The van der Waals surface area contributed by atoms with E-state index < -0.39 is 0 Å². The number of pyridine rings is 1. The van der Waals surface area contributed by atoms with Gasteiger partial charge in [0, 0.05) is 16.1 Å². The minimum Gasteiger partial charge on any atom is -0.488 e. The van der Waals surface area contributed by atoms with Crippen LogP contribution >= 0.6 is 15.9 Å². The summed E-state index contributed by atoms with van der Waals surface area (Å²) in [6, 6.07) is 7.93. The molecule has 0 saturated heterocycles. The van der Waals surface area contributed by atoms with Crippen LogP contribution in [-0.4, -0.2) is 11.1 Å². The van der Waals surface area contributed by atoms with E-state index in [1.807, 2.05) is 24.3 Å². The van der Waals surface area contributed by atoms with E-state index in [1.54, 1.807) is 6.20 Å². The van der Waals surface area contributed by atoms with E-state index in [2.05, 4.69) is 34.8 Å². The van der Waals surface area contributed by atoms with Crippen molar-refractivity contribution in [3.63, 3.8) is 0 Å². The highest BCUT2D eigenvalue weighted by molar-refractivity contribution is 9.10. The molecule has 2 nitrogen and oxygen atoms in total. The molecule has 0 saturated carbocycles. The van der Waals surface area contributed by atoms with Crippen LogP contribution in [-0.2, 0) is 0 Å². The van der Waals surface area contributed by atoms with Gasteiger partial charge < -0.3 is 4.74 Å². The third kappa shape index (κ3) is 2.19. The number of fused-ring (bicyclic) bond motifs is 1. The molecular weight excluding hydrogens is 266 g/mol. The average molecular weight is 280 g/mol. The van der Waals surface area contributed by atoms with Crippen molar-refractivity contribution in [2.75, 3.05) is 0 Å². The Labute approximate surface area is 104 Å². The van der Waals surface area contributed by atoms with Crippen LogP contribution in [0.5, 0.6) is 5.75 Å². The fourth-order valence-corrected chi connectivity index (χ4v) is 1.96. The summed E-state index contributed by atoms with van der Waals surface area (Å²) in [7, 11) is 0. The summed E-state index contributed by atoms with van der Waals surface area (Å²) in [5.41, 5.74) is 0.914. The Morgan fingerprint density at radius 3 is 2.94 bits per heavy atom. The van der Waals surface area contributed by atoms with Crippen LogP contribution in [0.4, 0.5) is 0 Å². The summed E-state index contributed by atoms with van der Waals surface area (Å²) in [6.07, 6.45) is 2.99. The standard InChI is InChI=1S/C13H14BrNO/c1-3-9(2)16-12-7-6-11(14)10-5-4-8-15-13(10)12/h4-9H,3H2,1-2H3. The molecule has 0 bridgehead atoms. The largest absolute Gasteiger partial charge is 0.488 e. The highest BCUT2D eigenvalue weighted by atomic mass is 79.9. The van der Waals surface area contributed by atoms with Crippen molar-refractivity contribution in [2.24, 2.45) is 0 Å². The Hall–Kier alpha value is -1.09. The normalized spacial score (nSPS) is 12.7. The van der Waals surface area contributed by atoms with E-state index in [-0.39, 0.29) is 6.10 Å². The number of hydrogen-bond acceptors (Lipinski definition) is 2.